The molecule has 6 atom stereocenters. The quantitative estimate of drug-likeness (QED) is 0.0199. The molecule has 71 heavy (non-hydrogen) atoms. The predicted octanol–water partition coefficient (Wildman–Crippen LogP) is -2.89. The number of phenols is 1. The molecule has 0 fully saturated rings. The fourth-order valence-corrected chi connectivity index (χ4v) is 7.08. The summed E-state index contributed by atoms with van der Waals surface area (Å²) >= 11 is 0. The number of amides is 8. The Balaban J connectivity index is 2.29. The molecule has 0 aliphatic heterocycles. The standard InChI is InChI=1S/C47H75N15O9/c1-27(2)21-34(40(48)66)61-43(69)33(14-10-20-55-47(51)52)59-42(68)32(13-9-19-54-46(49)50)60-44(70)36(22-28(3)4)62-45(71)37(24-29-11-7-6-8-12-29)58-39(65)26-56-38(64)25-57-41(67)35(53-5)23-30-15-17-31(63)18-16-30/h6-8,11-12,15-18,27-28,32-37,53,63H,9-10,13-14,19-26H2,1-5H3,(H2,48,66)(H,56,64)(H,57,67)(H,58,65)(H,59,68)(H,60,70)(H,61,69)(H,62,71)(H4,49,50,54)(H4,51,52,55)/t32-,33-,34+,35-,36-,37-/m0/s1. The second-order valence-corrected chi connectivity index (χ2v) is 17.8. The third-order valence-electron chi connectivity index (χ3n) is 10.7. The smallest absolute Gasteiger partial charge is 0.243 e. The van der Waals surface area contributed by atoms with Crippen molar-refractivity contribution in [2.24, 2.45) is 50.5 Å². The third kappa shape index (κ3) is 24.6. The summed E-state index contributed by atoms with van der Waals surface area (Å²) in [4.78, 5) is 115. The highest BCUT2D eigenvalue weighted by Gasteiger charge is 2.33. The van der Waals surface area contributed by atoms with Crippen LogP contribution in [0.4, 0.5) is 0 Å². The number of guanidine groups is 2. The first-order chi connectivity index (χ1) is 33.6. The molecule has 0 aliphatic rings. The number of likely N-dealkylation sites (N-methyl/N-ethyl adjacent to an activating group) is 1. The number of nitrogens with one attached hydrogen (secondary N) is 8. The number of carbonyl (C=O) groups is 8. The monoisotopic (exact) mass is 994 g/mol. The minimum atomic E-state index is -1.30. The fourth-order valence-electron chi connectivity index (χ4n) is 7.08. The topological polar surface area (TPSA) is 408 Å². The maximum absolute atomic E-state index is 14.2. The number of benzene rings is 2. The molecular weight excluding hydrogens is 919 g/mol. The average molecular weight is 994 g/mol. The molecule has 0 aromatic heterocycles. The van der Waals surface area contributed by atoms with Gasteiger partial charge in [0.15, 0.2) is 11.9 Å². The number of nitrogens with two attached hydrogens (primary N) is 5. The van der Waals surface area contributed by atoms with Crippen molar-refractivity contribution in [1.82, 2.24) is 42.5 Å². The molecule has 0 aliphatic carbocycles. The van der Waals surface area contributed by atoms with Crippen molar-refractivity contribution in [3.05, 3.63) is 65.7 Å². The van der Waals surface area contributed by atoms with Crippen LogP contribution in [0.15, 0.2) is 64.6 Å². The lowest BCUT2D eigenvalue weighted by atomic mass is 10.00. The number of hydrogen-bond donors (Lipinski definition) is 14. The predicted molar refractivity (Wildman–Crippen MR) is 268 cm³/mol. The van der Waals surface area contributed by atoms with E-state index in [0.29, 0.717) is 5.56 Å². The Hall–Kier alpha value is -7.50. The van der Waals surface area contributed by atoms with Gasteiger partial charge in [-0.15, -0.1) is 0 Å². The van der Waals surface area contributed by atoms with Crippen LogP contribution < -0.4 is 71.2 Å². The molecule has 0 radical (unpaired) electrons. The van der Waals surface area contributed by atoms with Crippen LogP contribution in [0.3, 0.4) is 0 Å². The first-order valence-electron chi connectivity index (χ1n) is 23.5. The highest BCUT2D eigenvalue weighted by Crippen LogP contribution is 2.13. The summed E-state index contributed by atoms with van der Waals surface area (Å²) in [5, 5.41) is 30.8. The van der Waals surface area contributed by atoms with E-state index in [-0.39, 0.29) is 94.0 Å². The maximum atomic E-state index is 14.2. The molecule has 0 spiro atoms. The Morgan fingerprint density at radius 2 is 0.944 bits per heavy atom. The molecular formula is C47H75N15O9. The van der Waals surface area contributed by atoms with E-state index >= 15 is 0 Å². The van der Waals surface area contributed by atoms with Crippen LogP contribution >= 0.6 is 0 Å². The van der Waals surface area contributed by atoms with E-state index in [1.807, 2.05) is 27.7 Å². The molecule has 0 saturated heterocycles. The van der Waals surface area contributed by atoms with Crippen molar-refractivity contribution in [2.75, 3.05) is 33.2 Å². The summed E-state index contributed by atoms with van der Waals surface area (Å²) in [5.41, 5.74) is 29.0. The van der Waals surface area contributed by atoms with Crippen LogP contribution in [0.2, 0.25) is 0 Å². The third-order valence-corrected chi connectivity index (χ3v) is 10.7. The van der Waals surface area contributed by atoms with E-state index in [0.717, 1.165) is 5.56 Å². The first kappa shape index (κ1) is 59.6. The zero-order chi connectivity index (χ0) is 53.0. The van der Waals surface area contributed by atoms with Crippen LogP contribution in [0, 0.1) is 11.8 Å². The van der Waals surface area contributed by atoms with Crippen molar-refractivity contribution >= 4 is 59.2 Å². The minimum Gasteiger partial charge on any atom is -0.508 e. The van der Waals surface area contributed by atoms with Gasteiger partial charge >= 0.3 is 0 Å². The number of hydrogen-bond acceptors (Lipinski definition) is 12. The molecule has 19 N–H and O–H groups in total. The van der Waals surface area contributed by atoms with Gasteiger partial charge in [0.1, 0.15) is 36.0 Å². The van der Waals surface area contributed by atoms with Gasteiger partial charge in [-0.25, -0.2) is 0 Å². The highest BCUT2D eigenvalue weighted by atomic mass is 16.3. The molecule has 24 nitrogen and oxygen atoms in total. The second kappa shape index (κ2) is 31.6. The van der Waals surface area contributed by atoms with Gasteiger partial charge in [0.05, 0.1) is 19.1 Å². The molecule has 0 bridgehead atoms. The van der Waals surface area contributed by atoms with Gasteiger partial charge in [-0.2, -0.15) is 0 Å². The summed E-state index contributed by atoms with van der Waals surface area (Å²) in [6.07, 6.45) is 1.03. The van der Waals surface area contributed by atoms with Crippen LogP contribution in [-0.4, -0.2) is 134 Å². The molecule has 392 valence electrons. The number of phenolic OH excluding ortho intramolecular Hbond substituents is 1. The first-order valence-corrected chi connectivity index (χ1v) is 23.5. The van der Waals surface area contributed by atoms with Gasteiger partial charge in [0, 0.05) is 19.5 Å². The lowest BCUT2D eigenvalue weighted by molar-refractivity contribution is -0.135. The molecule has 0 unspecified atom stereocenters. The van der Waals surface area contributed by atoms with Gasteiger partial charge in [-0.3, -0.25) is 48.3 Å². The van der Waals surface area contributed by atoms with E-state index < -0.39 is 96.6 Å². The Kier molecular flexibility index (Phi) is 26.5. The number of aromatic hydroxyl groups is 1. The number of primary amides is 1. The zero-order valence-corrected chi connectivity index (χ0v) is 41.3. The molecule has 8 amide bonds. The summed E-state index contributed by atoms with van der Waals surface area (Å²) in [5.74, 6) is -6.11. The molecule has 2 rings (SSSR count). The van der Waals surface area contributed by atoms with Crippen molar-refractivity contribution in [3.8, 4) is 5.75 Å². The summed E-state index contributed by atoms with van der Waals surface area (Å²) in [7, 11) is 1.59. The van der Waals surface area contributed by atoms with Crippen LogP contribution in [0.5, 0.6) is 5.75 Å². The average Bonchev–Trinajstić information content (AvgIpc) is 3.30. The Labute approximate surface area is 414 Å². The number of aliphatic imine (C=N–C) groups is 2. The van der Waals surface area contributed by atoms with E-state index in [1.165, 1.54) is 12.1 Å². The van der Waals surface area contributed by atoms with Gasteiger partial charge < -0.3 is 76.3 Å². The molecule has 2 aromatic rings. The summed E-state index contributed by atoms with van der Waals surface area (Å²) < 4.78 is 0. The van der Waals surface area contributed by atoms with Gasteiger partial charge in [0.2, 0.25) is 47.3 Å². The van der Waals surface area contributed by atoms with E-state index in [4.69, 9.17) is 28.7 Å². The molecule has 24 heteroatoms. The molecule has 0 saturated carbocycles. The molecule has 0 heterocycles. The number of nitrogens with zero attached hydrogens (tertiary/aromatic N) is 2. The van der Waals surface area contributed by atoms with E-state index in [9.17, 15) is 43.5 Å². The summed E-state index contributed by atoms with van der Waals surface area (Å²) in [6, 6.07) is 8.34. The van der Waals surface area contributed by atoms with E-state index in [2.05, 4.69) is 52.5 Å². The molecule has 2 aromatic carbocycles. The zero-order valence-electron chi connectivity index (χ0n) is 41.3. The van der Waals surface area contributed by atoms with Crippen molar-refractivity contribution in [2.45, 2.75) is 115 Å². The van der Waals surface area contributed by atoms with Gasteiger partial charge in [-0.05, 0) is 87.1 Å². The summed E-state index contributed by atoms with van der Waals surface area (Å²) in [6.45, 7) is 6.52. The normalized spacial score (nSPS) is 13.5. The van der Waals surface area contributed by atoms with Gasteiger partial charge in [0.25, 0.3) is 0 Å². The Bertz CT molecular complexity index is 2110. The minimum absolute atomic E-state index is 0.0128. The Morgan fingerprint density at radius 3 is 1.44 bits per heavy atom. The van der Waals surface area contributed by atoms with Crippen molar-refractivity contribution in [3.63, 3.8) is 0 Å². The lowest BCUT2D eigenvalue weighted by Gasteiger charge is -2.28. The van der Waals surface area contributed by atoms with Gasteiger partial charge in [-0.1, -0.05) is 70.2 Å². The van der Waals surface area contributed by atoms with Crippen molar-refractivity contribution in [1.29, 1.82) is 0 Å². The lowest BCUT2D eigenvalue weighted by Crippen LogP contribution is -2.59. The maximum Gasteiger partial charge on any atom is 0.243 e. The SMILES string of the molecule is CN[C@@H](Cc1ccc(O)cc1)C(=O)NCC(=O)NCC(=O)N[C@@H](Cc1ccccc1)C(=O)N[C@@H](CC(C)C)C(=O)N[C@@H](CCCN=C(N)N)C(=O)N[C@@H](CCCN=C(N)N)C(=O)N[C@H](CC(C)C)C(N)=O. The van der Waals surface area contributed by atoms with Crippen LogP contribution in [0.25, 0.3) is 0 Å². The number of carbonyl (C=O) groups excluding carboxylic acids is 8. The van der Waals surface area contributed by atoms with Crippen molar-refractivity contribution < 1.29 is 43.5 Å². The fraction of sp³-hybridized carbons (Fsp3) is 0.532. The van der Waals surface area contributed by atoms with E-state index in [1.54, 1.807) is 49.5 Å². The van der Waals surface area contributed by atoms with Crippen LogP contribution in [-0.2, 0) is 51.2 Å². The Morgan fingerprint density at radius 1 is 0.507 bits per heavy atom. The second-order valence-electron chi connectivity index (χ2n) is 17.8. The largest absolute Gasteiger partial charge is 0.508 e. The number of rotatable bonds is 32. The highest BCUT2D eigenvalue weighted by molar-refractivity contribution is 5.97. The van der Waals surface area contributed by atoms with Crippen LogP contribution in [0.1, 0.15) is 77.3 Å².